The molecule has 0 amide bonds. The molecule has 1 aromatic rings. The number of nitrogens with two attached hydrogens (primary N) is 2. The van der Waals surface area contributed by atoms with Crippen molar-refractivity contribution in [1.29, 1.82) is 5.26 Å². The lowest BCUT2D eigenvalue weighted by molar-refractivity contribution is 0.747. The number of nitriles is 1. The Hall–Kier alpha value is -1.31. The molecule has 4 nitrogen and oxygen atoms in total. The molecule has 0 saturated heterocycles. The summed E-state index contributed by atoms with van der Waals surface area (Å²) >= 11 is 5.60. The van der Waals surface area contributed by atoms with E-state index in [1.807, 2.05) is 6.07 Å². The van der Waals surface area contributed by atoms with Gasteiger partial charge in [-0.05, 0) is 6.07 Å². The summed E-state index contributed by atoms with van der Waals surface area (Å²) in [6, 6.07) is 3.09. The molecule has 0 saturated carbocycles. The largest absolute Gasteiger partial charge is 0.398 e. The number of aromatic nitrogens is 1. The molecule has 0 unspecified atom stereocenters. The SMILES string of the molecule is N#CC[C@H](N)c1cnc(Cl)cc1N. The molecule has 5 heteroatoms. The van der Waals surface area contributed by atoms with E-state index >= 15 is 0 Å². The normalized spacial score (nSPS) is 12.1. The molecule has 0 spiro atoms. The Balaban J connectivity index is 2.96. The number of halogens is 1. The van der Waals surface area contributed by atoms with Gasteiger partial charge in [-0.2, -0.15) is 5.26 Å². The maximum absolute atomic E-state index is 8.43. The lowest BCUT2D eigenvalue weighted by Crippen LogP contribution is -2.12. The number of rotatable bonds is 2. The van der Waals surface area contributed by atoms with Gasteiger partial charge in [-0.15, -0.1) is 0 Å². The average molecular weight is 197 g/mol. The maximum atomic E-state index is 8.43. The summed E-state index contributed by atoms with van der Waals surface area (Å²) in [5, 5.41) is 8.75. The van der Waals surface area contributed by atoms with Crippen LogP contribution in [-0.2, 0) is 0 Å². The fraction of sp³-hybridized carbons (Fsp3) is 0.250. The van der Waals surface area contributed by atoms with Gasteiger partial charge in [-0.1, -0.05) is 11.6 Å². The van der Waals surface area contributed by atoms with Gasteiger partial charge in [0.2, 0.25) is 0 Å². The number of pyridine rings is 1. The molecule has 1 aromatic heterocycles. The van der Waals surface area contributed by atoms with Gasteiger partial charge in [0.15, 0.2) is 0 Å². The van der Waals surface area contributed by atoms with E-state index in [4.69, 9.17) is 28.3 Å². The highest BCUT2D eigenvalue weighted by Crippen LogP contribution is 2.21. The fourth-order valence-electron chi connectivity index (χ4n) is 0.973. The Morgan fingerprint density at radius 3 is 2.92 bits per heavy atom. The van der Waals surface area contributed by atoms with Crippen LogP contribution in [0.25, 0.3) is 0 Å². The van der Waals surface area contributed by atoms with E-state index < -0.39 is 6.04 Å². The predicted octanol–water partition coefficient (Wildman–Crippen LogP) is 1.23. The quantitative estimate of drug-likeness (QED) is 0.697. The maximum Gasteiger partial charge on any atom is 0.131 e. The number of nitrogen functional groups attached to an aromatic ring is 1. The Labute approximate surface area is 81.1 Å². The zero-order valence-corrected chi connectivity index (χ0v) is 7.62. The van der Waals surface area contributed by atoms with Gasteiger partial charge in [-0.25, -0.2) is 4.98 Å². The van der Waals surface area contributed by atoms with Crippen molar-refractivity contribution in [3.8, 4) is 6.07 Å². The third kappa shape index (κ3) is 2.31. The van der Waals surface area contributed by atoms with Crippen molar-refractivity contribution in [3.63, 3.8) is 0 Å². The first-order chi connectivity index (χ1) is 6.15. The Morgan fingerprint density at radius 1 is 1.69 bits per heavy atom. The molecule has 0 bridgehead atoms. The van der Waals surface area contributed by atoms with Crippen LogP contribution >= 0.6 is 11.6 Å². The molecule has 0 aliphatic rings. The van der Waals surface area contributed by atoms with Crippen molar-refractivity contribution in [3.05, 3.63) is 23.0 Å². The number of hydrogen-bond donors (Lipinski definition) is 2. The Kier molecular flexibility index (Phi) is 3.07. The second kappa shape index (κ2) is 4.08. The Bertz CT molecular complexity index is 344. The molecule has 0 radical (unpaired) electrons. The zero-order chi connectivity index (χ0) is 9.84. The first kappa shape index (κ1) is 9.78. The van der Waals surface area contributed by atoms with Crippen LogP contribution in [-0.4, -0.2) is 4.98 Å². The molecule has 1 heterocycles. The second-order valence-corrected chi connectivity index (χ2v) is 2.99. The average Bonchev–Trinajstić information content (AvgIpc) is 2.04. The van der Waals surface area contributed by atoms with Crippen molar-refractivity contribution in [1.82, 2.24) is 4.98 Å². The number of hydrogen-bond acceptors (Lipinski definition) is 4. The van der Waals surface area contributed by atoms with Crippen LogP contribution in [0.1, 0.15) is 18.0 Å². The van der Waals surface area contributed by atoms with Crippen LogP contribution < -0.4 is 11.5 Å². The highest BCUT2D eigenvalue weighted by Gasteiger charge is 2.09. The van der Waals surface area contributed by atoms with Gasteiger partial charge in [0.05, 0.1) is 12.5 Å². The van der Waals surface area contributed by atoms with Gasteiger partial charge in [-0.3, -0.25) is 0 Å². The minimum atomic E-state index is -0.394. The van der Waals surface area contributed by atoms with Crippen LogP contribution in [0.15, 0.2) is 12.3 Å². The van der Waals surface area contributed by atoms with E-state index in [1.165, 1.54) is 12.3 Å². The minimum absolute atomic E-state index is 0.216. The van der Waals surface area contributed by atoms with Crippen LogP contribution in [0.3, 0.4) is 0 Å². The third-order valence-electron chi connectivity index (χ3n) is 1.65. The molecule has 68 valence electrons. The van der Waals surface area contributed by atoms with Crippen molar-refractivity contribution >= 4 is 17.3 Å². The van der Waals surface area contributed by atoms with Crippen LogP contribution in [0.2, 0.25) is 5.15 Å². The van der Waals surface area contributed by atoms with Crippen molar-refractivity contribution in [2.75, 3.05) is 5.73 Å². The van der Waals surface area contributed by atoms with E-state index in [0.29, 0.717) is 16.4 Å². The molecule has 1 rings (SSSR count). The Morgan fingerprint density at radius 2 is 2.38 bits per heavy atom. The standard InChI is InChI=1S/C8H9ClN4/c9-8-3-7(12)5(4-13-8)6(11)1-2-10/h3-4,6H,1,11H2,(H2,12,13)/t6-/m0/s1. The van der Waals surface area contributed by atoms with Crippen LogP contribution in [0.4, 0.5) is 5.69 Å². The highest BCUT2D eigenvalue weighted by molar-refractivity contribution is 6.29. The van der Waals surface area contributed by atoms with E-state index in [9.17, 15) is 0 Å². The van der Waals surface area contributed by atoms with E-state index in [0.717, 1.165) is 0 Å². The molecular formula is C8H9ClN4. The molecule has 0 aliphatic heterocycles. The van der Waals surface area contributed by atoms with Crippen molar-refractivity contribution in [2.24, 2.45) is 5.73 Å². The fourth-order valence-corrected chi connectivity index (χ4v) is 1.14. The molecule has 0 fully saturated rings. The van der Waals surface area contributed by atoms with Gasteiger partial charge in [0.1, 0.15) is 5.15 Å². The number of anilines is 1. The number of nitrogens with zero attached hydrogens (tertiary/aromatic N) is 2. The van der Waals surface area contributed by atoms with Crippen LogP contribution in [0, 0.1) is 11.3 Å². The molecule has 4 N–H and O–H groups in total. The van der Waals surface area contributed by atoms with Crippen molar-refractivity contribution < 1.29 is 0 Å². The predicted molar refractivity (Wildman–Crippen MR) is 50.8 cm³/mol. The minimum Gasteiger partial charge on any atom is -0.398 e. The monoisotopic (exact) mass is 196 g/mol. The first-order valence-corrected chi connectivity index (χ1v) is 4.06. The molecule has 0 aliphatic carbocycles. The van der Waals surface area contributed by atoms with Gasteiger partial charge in [0.25, 0.3) is 0 Å². The van der Waals surface area contributed by atoms with Gasteiger partial charge >= 0.3 is 0 Å². The summed E-state index contributed by atoms with van der Waals surface area (Å²) in [6.45, 7) is 0. The molecular weight excluding hydrogens is 188 g/mol. The second-order valence-electron chi connectivity index (χ2n) is 2.60. The topological polar surface area (TPSA) is 88.7 Å². The summed E-state index contributed by atoms with van der Waals surface area (Å²) < 4.78 is 0. The summed E-state index contributed by atoms with van der Waals surface area (Å²) in [5.41, 5.74) is 12.4. The smallest absolute Gasteiger partial charge is 0.131 e. The summed E-state index contributed by atoms with van der Waals surface area (Å²) in [5.74, 6) is 0. The lowest BCUT2D eigenvalue weighted by Gasteiger charge is -2.09. The molecule has 13 heavy (non-hydrogen) atoms. The van der Waals surface area contributed by atoms with Gasteiger partial charge < -0.3 is 11.5 Å². The first-order valence-electron chi connectivity index (χ1n) is 3.68. The third-order valence-corrected chi connectivity index (χ3v) is 1.85. The molecule has 1 atom stereocenters. The zero-order valence-electron chi connectivity index (χ0n) is 6.87. The lowest BCUT2D eigenvalue weighted by atomic mass is 10.1. The summed E-state index contributed by atoms with van der Waals surface area (Å²) in [6.07, 6.45) is 1.72. The van der Waals surface area contributed by atoms with Crippen LogP contribution in [0.5, 0.6) is 0 Å². The van der Waals surface area contributed by atoms with Crippen molar-refractivity contribution in [2.45, 2.75) is 12.5 Å². The van der Waals surface area contributed by atoms with E-state index in [2.05, 4.69) is 4.98 Å². The van der Waals surface area contributed by atoms with Gasteiger partial charge in [0, 0.05) is 23.5 Å². The van der Waals surface area contributed by atoms with E-state index in [-0.39, 0.29) is 6.42 Å². The summed E-state index contributed by atoms with van der Waals surface area (Å²) in [4.78, 5) is 3.84. The summed E-state index contributed by atoms with van der Waals surface area (Å²) in [7, 11) is 0. The highest BCUT2D eigenvalue weighted by atomic mass is 35.5. The molecule has 0 aromatic carbocycles. The van der Waals surface area contributed by atoms with E-state index in [1.54, 1.807) is 0 Å².